The zero-order chi connectivity index (χ0) is 17.9. The summed E-state index contributed by atoms with van der Waals surface area (Å²) < 4.78 is 38.9. The maximum atomic E-state index is 13.0. The zero-order valence-electron chi connectivity index (χ0n) is 12.7. The van der Waals surface area contributed by atoms with Crippen LogP contribution in [-0.2, 0) is 12.7 Å². The number of aromatic nitrogens is 4. The Bertz CT molecular complexity index is 860. The van der Waals surface area contributed by atoms with Crippen molar-refractivity contribution >= 4 is 5.91 Å². The van der Waals surface area contributed by atoms with Crippen LogP contribution in [0.25, 0.3) is 11.4 Å². The summed E-state index contributed by atoms with van der Waals surface area (Å²) in [5, 5.41) is 16.0. The molecule has 1 heterocycles. The molecule has 0 aliphatic carbocycles. The van der Waals surface area contributed by atoms with Crippen LogP contribution in [0.3, 0.4) is 0 Å². The number of benzene rings is 2. The maximum absolute atomic E-state index is 13.0. The van der Waals surface area contributed by atoms with Crippen molar-refractivity contribution < 1.29 is 18.0 Å². The SMILES string of the molecule is O=C(NCc1ccc(-c2nn[nH]n2)cc1)c1ccccc1C(F)(F)F. The normalized spacial score (nSPS) is 11.3. The molecular weight excluding hydrogens is 335 g/mol. The molecule has 6 nitrogen and oxygen atoms in total. The standard InChI is InChI=1S/C16H12F3N5O/c17-16(18,19)13-4-2-1-3-12(13)15(25)20-9-10-5-7-11(8-6-10)14-21-23-24-22-14/h1-8H,9H2,(H,20,25)(H,21,22,23,24). The molecule has 0 bridgehead atoms. The molecule has 0 saturated heterocycles. The van der Waals surface area contributed by atoms with E-state index in [9.17, 15) is 18.0 Å². The number of carbonyl (C=O) groups is 1. The predicted octanol–water partition coefficient (Wildman–Crippen LogP) is 2.82. The Balaban J connectivity index is 1.69. The second kappa shape index (κ2) is 6.71. The molecule has 3 rings (SSSR count). The highest BCUT2D eigenvalue weighted by molar-refractivity contribution is 5.95. The van der Waals surface area contributed by atoms with E-state index in [1.165, 1.54) is 12.1 Å². The molecule has 2 aromatic carbocycles. The van der Waals surface area contributed by atoms with Gasteiger partial charge in [0.2, 0.25) is 5.82 Å². The first-order valence-corrected chi connectivity index (χ1v) is 7.22. The minimum absolute atomic E-state index is 0.0948. The van der Waals surface area contributed by atoms with Crippen LogP contribution in [0.15, 0.2) is 48.5 Å². The minimum Gasteiger partial charge on any atom is -0.348 e. The summed E-state index contributed by atoms with van der Waals surface area (Å²) in [6, 6.07) is 11.6. The van der Waals surface area contributed by atoms with Crippen molar-refractivity contribution in [1.82, 2.24) is 25.9 Å². The van der Waals surface area contributed by atoms with Gasteiger partial charge >= 0.3 is 6.18 Å². The fourth-order valence-electron chi connectivity index (χ4n) is 2.26. The van der Waals surface area contributed by atoms with Crippen LogP contribution in [0, 0.1) is 0 Å². The Kier molecular flexibility index (Phi) is 4.46. The Morgan fingerprint density at radius 2 is 1.80 bits per heavy atom. The minimum atomic E-state index is -4.58. The molecule has 0 aliphatic rings. The van der Waals surface area contributed by atoms with Crippen LogP contribution in [-0.4, -0.2) is 26.5 Å². The highest BCUT2D eigenvalue weighted by Crippen LogP contribution is 2.31. The van der Waals surface area contributed by atoms with Gasteiger partial charge in [0.25, 0.3) is 5.91 Å². The van der Waals surface area contributed by atoms with Crippen molar-refractivity contribution in [2.75, 3.05) is 0 Å². The van der Waals surface area contributed by atoms with E-state index in [2.05, 4.69) is 25.9 Å². The van der Waals surface area contributed by atoms with E-state index in [4.69, 9.17) is 0 Å². The number of hydrogen-bond donors (Lipinski definition) is 2. The lowest BCUT2D eigenvalue weighted by Crippen LogP contribution is -2.25. The number of tetrazole rings is 1. The molecule has 0 aliphatic heterocycles. The topological polar surface area (TPSA) is 83.6 Å². The number of rotatable bonds is 4. The summed E-state index contributed by atoms with van der Waals surface area (Å²) in [7, 11) is 0. The predicted molar refractivity (Wildman–Crippen MR) is 82.2 cm³/mol. The molecule has 0 fully saturated rings. The van der Waals surface area contributed by atoms with Gasteiger partial charge in [-0.15, -0.1) is 10.2 Å². The number of alkyl halides is 3. The highest BCUT2D eigenvalue weighted by atomic mass is 19.4. The van der Waals surface area contributed by atoms with Crippen LogP contribution in [0.2, 0.25) is 0 Å². The fourth-order valence-corrected chi connectivity index (χ4v) is 2.26. The van der Waals surface area contributed by atoms with Gasteiger partial charge in [0.15, 0.2) is 0 Å². The Morgan fingerprint density at radius 1 is 1.08 bits per heavy atom. The number of aromatic amines is 1. The number of nitrogens with one attached hydrogen (secondary N) is 2. The Hall–Kier alpha value is -3.23. The van der Waals surface area contributed by atoms with Gasteiger partial charge in [0.05, 0.1) is 11.1 Å². The molecule has 0 spiro atoms. The van der Waals surface area contributed by atoms with E-state index in [1.807, 2.05) is 0 Å². The number of halogens is 3. The summed E-state index contributed by atoms with van der Waals surface area (Å²) in [5.74, 6) is -0.357. The monoisotopic (exact) mass is 347 g/mol. The Morgan fingerprint density at radius 3 is 2.44 bits per heavy atom. The fraction of sp³-hybridized carbons (Fsp3) is 0.125. The highest BCUT2D eigenvalue weighted by Gasteiger charge is 2.34. The summed E-state index contributed by atoms with van der Waals surface area (Å²) >= 11 is 0. The van der Waals surface area contributed by atoms with Crippen LogP contribution < -0.4 is 5.32 Å². The van der Waals surface area contributed by atoms with Crippen LogP contribution in [0.5, 0.6) is 0 Å². The van der Waals surface area contributed by atoms with Crippen LogP contribution in [0.1, 0.15) is 21.5 Å². The molecule has 0 atom stereocenters. The molecular formula is C16H12F3N5O. The number of amides is 1. The third-order valence-electron chi connectivity index (χ3n) is 3.49. The van der Waals surface area contributed by atoms with E-state index in [1.54, 1.807) is 24.3 Å². The first-order valence-electron chi connectivity index (χ1n) is 7.22. The quantitative estimate of drug-likeness (QED) is 0.760. The smallest absolute Gasteiger partial charge is 0.348 e. The summed E-state index contributed by atoms with van der Waals surface area (Å²) in [6.45, 7) is 0.0948. The van der Waals surface area contributed by atoms with E-state index in [-0.39, 0.29) is 6.54 Å². The van der Waals surface area contributed by atoms with Gasteiger partial charge in [-0.3, -0.25) is 4.79 Å². The zero-order valence-corrected chi connectivity index (χ0v) is 12.7. The van der Waals surface area contributed by atoms with E-state index < -0.39 is 23.2 Å². The molecule has 9 heteroatoms. The summed E-state index contributed by atoms with van der Waals surface area (Å²) in [6.07, 6.45) is -4.58. The van der Waals surface area contributed by atoms with Crippen LogP contribution >= 0.6 is 0 Å². The second-order valence-electron chi connectivity index (χ2n) is 5.16. The Labute approximate surface area is 140 Å². The van der Waals surface area contributed by atoms with Crippen molar-refractivity contribution in [2.45, 2.75) is 12.7 Å². The van der Waals surface area contributed by atoms with Gasteiger partial charge in [0, 0.05) is 12.1 Å². The first kappa shape index (κ1) is 16.6. The lowest BCUT2D eigenvalue weighted by molar-refractivity contribution is -0.137. The van der Waals surface area contributed by atoms with Gasteiger partial charge in [-0.25, -0.2) is 0 Å². The van der Waals surface area contributed by atoms with Crippen molar-refractivity contribution in [3.63, 3.8) is 0 Å². The lowest BCUT2D eigenvalue weighted by Gasteiger charge is -2.12. The van der Waals surface area contributed by atoms with E-state index in [0.717, 1.165) is 23.3 Å². The van der Waals surface area contributed by atoms with E-state index >= 15 is 0 Å². The van der Waals surface area contributed by atoms with Gasteiger partial charge < -0.3 is 5.32 Å². The van der Waals surface area contributed by atoms with Gasteiger partial charge in [-0.1, -0.05) is 36.4 Å². The summed E-state index contributed by atoms with van der Waals surface area (Å²) in [4.78, 5) is 12.1. The molecule has 3 aromatic rings. The number of nitrogens with zero attached hydrogens (tertiary/aromatic N) is 3. The number of carbonyl (C=O) groups excluding carboxylic acids is 1. The average Bonchev–Trinajstić information content (AvgIpc) is 3.14. The largest absolute Gasteiger partial charge is 0.417 e. The van der Waals surface area contributed by atoms with Crippen LogP contribution in [0.4, 0.5) is 13.2 Å². The molecule has 128 valence electrons. The molecule has 1 aromatic heterocycles. The van der Waals surface area contributed by atoms with Crippen molar-refractivity contribution in [3.05, 3.63) is 65.2 Å². The second-order valence-corrected chi connectivity index (χ2v) is 5.16. The third-order valence-corrected chi connectivity index (χ3v) is 3.49. The van der Waals surface area contributed by atoms with Crippen molar-refractivity contribution in [3.8, 4) is 11.4 Å². The number of hydrogen-bond acceptors (Lipinski definition) is 4. The van der Waals surface area contributed by atoms with Gasteiger partial charge in [-0.2, -0.15) is 18.4 Å². The maximum Gasteiger partial charge on any atom is 0.417 e. The van der Waals surface area contributed by atoms with Crippen molar-refractivity contribution in [1.29, 1.82) is 0 Å². The lowest BCUT2D eigenvalue weighted by atomic mass is 10.1. The third kappa shape index (κ3) is 3.82. The molecule has 0 radical (unpaired) electrons. The molecule has 2 N–H and O–H groups in total. The molecule has 0 saturated carbocycles. The van der Waals surface area contributed by atoms with E-state index in [0.29, 0.717) is 5.82 Å². The number of H-pyrrole nitrogens is 1. The van der Waals surface area contributed by atoms with Gasteiger partial charge in [-0.05, 0) is 22.9 Å². The van der Waals surface area contributed by atoms with Gasteiger partial charge in [0.1, 0.15) is 0 Å². The average molecular weight is 347 g/mol. The molecule has 0 unspecified atom stereocenters. The van der Waals surface area contributed by atoms with Crippen molar-refractivity contribution in [2.24, 2.45) is 0 Å². The molecule has 25 heavy (non-hydrogen) atoms. The first-order chi connectivity index (χ1) is 11.9. The molecule has 1 amide bonds. The summed E-state index contributed by atoms with van der Waals surface area (Å²) in [5.41, 5.74) is 0.0923.